The summed E-state index contributed by atoms with van der Waals surface area (Å²) in [5.41, 5.74) is 3.39. The van der Waals surface area contributed by atoms with E-state index in [9.17, 15) is 19.3 Å². The smallest absolute Gasteiger partial charge is 0.263 e. The third-order valence-corrected chi connectivity index (χ3v) is 7.25. The SMILES string of the molecule is Cc1ccccc1[C@H](Nc1cc(C#N)c2ncc(C#N)c(NCC(C)(C)C)c2c1)c1cn(C2(C(F)F)CC2)nn1. The van der Waals surface area contributed by atoms with Gasteiger partial charge >= 0.3 is 0 Å². The highest BCUT2D eigenvalue weighted by molar-refractivity contribution is 5.99. The first-order valence-electron chi connectivity index (χ1n) is 13.1. The van der Waals surface area contributed by atoms with Gasteiger partial charge < -0.3 is 10.6 Å². The number of anilines is 2. The van der Waals surface area contributed by atoms with Crippen LogP contribution in [0.2, 0.25) is 0 Å². The van der Waals surface area contributed by atoms with E-state index in [0.717, 1.165) is 11.1 Å². The monoisotopic (exact) mass is 540 g/mol. The van der Waals surface area contributed by atoms with Gasteiger partial charge in [0, 0.05) is 23.8 Å². The lowest BCUT2D eigenvalue weighted by Crippen LogP contribution is -2.26. The van der Waals surface area contributed by atoms with Crippen LogP contribution < -0.4 is 10.6 Å². The fraction of sp³-hybridized carbons (Fsp3) is 0.367. The number of aryl methyl sites for hydroxylation is 1. The van der Waals surface area contributed by atoms with Crippen LogP contribution in [-0.4, -0.2) is 32.9 Å². The van der Waals surface area contributed by atoms with Gasteiger partial charge in [0.05, 0.1) is 34.6 Å². The molecule has 0 spiro atoms. The molecular weight excluding hydrogens is 510 g/mol. The molecule has 1 aliphatic rings. The van der Waals surface area contributed by atoms with Gasteiger partial charge in [-0.25, -0.2) is 13.5 Å². The van der Waals surface area contributed by atoms with Crippen molar-refractivity contribution < 1.29 is 8.78 Å². The van der Waals surface area contributed by atoms with Crippen molar-refractivity contribution in [2.45, 2.75) is 58.5 Å². The number of pyridine rings is 1. The van der Waals surface area contributed by atoms with Crippen LogP contribution in [-0.2, 0) is 5.54 Å². The van der Waals surface area contributed by atoms with Gasteiger partial charge in [-0.15, -0.1) is 5.10 Å². The van der Waals surface area contributed by atoms with E-state index in [1.165, 1.54) is 10.9 Å². The van der Waals surface area contributed by atoms with Crippen molar-refractivity contribution in [2.24, 2.45) is 5.41 Å². The highest BCUT2D eigenvalue weighted by atomic mass is 19.3. The second kappa shape index (κ2) is 10.2. The summed E-state index contributed by atoms with van der Waals surface area (Å²) >= 11 is 0. The number of aromatic nitrogens is 4. The van der Waals surface area contributed by atoms with Crippen molar-refractivity contribution >= 4 is 22.3 Å². The molecule has 204 valence electrons. The zero-order chi connectivity index (χ0) is 28.7. The summed E-state index contributed by atoms with van der Waals surface area (Å²) in [7, 11) is 0. The molecular formula is C30H30F2N8. The maximum Gasteiger partial charge on any atom is 0.263 e. The van der Waals surface area contributed by atoms with E-state index < -0.39 is 18.0 Å². The Morgan fingerprint density at radius 3 is 2.45 bits per heavy atom. The predicted octanol–water partition coefficient (Wildman–Crippen LogP) is 6.29. The largest absolute Gasteiger partial charge is 0.383 e. The molecule has 2 N–H and O–H groups in total. The van der Waals surface area contributed by atoms with Gasteiger partial charge in [-0.2, -0.15) is 10.5 Å². The first-order valence-corrected chi connectivity index (χ1v) is 13.1. The van der Waals surface area contributed by atoms with Crippen molar-refractivity contribution in [1.29, 1.82) is 10.5 Å². The highest BCUT2D eigenvalue weighted by Crippen LogP contribution is 2.48. The number of benzene rings is 2. The van der Waals surface area contributed by atoms with E-state index in [-0.39, 0.29) is 5.41 Å². The summed E-state index contributed by atoms with van der Waals surface area (Å²) in [6.45, 7) is 8.82. The predicted molar refractivity (Wildman–Crippen MR) is 149 cm³/mol. The maximum absolute atomic E-state index is 13.8. The number of halogens is 2. The van der Waals surface area contributed by atoms with Gasteiger partial charge in [0.2, 0.25) is 0 Å². The Balaban J connectivity index is 1.62. The van der Waals surface area contributed by atoms with E-state index in [0.29, 0.717) is 58.5 Å². The zero-order valence-corrected chi connectivity index (χ0v) is 22.8. The van der Waals surface area contributed by atoms with Crippen LogP contribution in [0.3, 0.4) is 0 Å². The van der Waals surface area contributed by atoms with Crippen molar-refractivity contribution in [2.75, 3.05) is 17.2 Å². The highest BCUT2D eigenvalue weighted by Gasteiger charge is 2.54. The Labute approximate surface area is 231 Å². The fourth-order valence-electron chi connectivity index (χ4n) is 4.79. The van der Waals surface area contributed by atoms with Crippen LogP contribution in [0.1, 0.15) is 67.6 Å². The quantitative estimate of drug-likeness (QED) is 0.270. The van der Waals surface area contributed by atoms with E-state index in [2.05, 4.69) is 58.8 Å². The molecule has 0 bridgehead atoms. The van der Waals surface area contributed by atoms with Gasteiger partial charge in [-0.1, -0.05) is 50.3 Å². The molecule has 2 aromatic heterocycles. The molecule has 40 heavy (non-hydrogen) atoms. The third-order valence-electron chi connectivity index (χ3n) is 7.25. The molecule has 0 saturated heterocycles. The van der Waals surface area contributed by atoms with Crippen LogP contribution in [0.4, 0.5) is 20.2 Å². The average molecular weight is 541 g/mol. The minimum absolute atomic E-state index is 0.0604. The number of nitrogens with zero attached hydrogens (tertiary/aromatic N) is 6. The lowest BCUT2D eigenvalue weighted by atomic mass is 9.96. The van der Waals surface area contributed by atoms with E-state index in [1.807, 2.05) is 37.3 Å². The van der Waals surface area contributed by atoms with Crippen LogP contribution in [0.5, 0.6) is 0 Å². The van der Waals surface area contributed by atoms with E-state index in [1.54, 1.807) is 12.3 Å². The maximum atomic E-state index is 13.8. The first kappa shape index (κ1) is 27.0. The molecule has 2 heterocycles. The summed E-state index contributed by atoms with van der Waals surface area (Å²) in [4.78, 5) is 4.42. The Morgan fingerprint density at radius 2 is 1.82 bits per heavy atom. The molecule has 1 atom stereocenters. The number of hydrogen-bond acceptors (Lipinski definition) is 7. The number of rotatable bonds is 8. The average Bonchev–Trinajstić information content (AvgIpc) is 3.60. The van der Waals surface area contributed by atoms with E-state index in [4.69, 9.17) is 0 Å². The molecule has 0 radical (unpaired) electrons. The minimum Gasteiger partial charge on any atom is -0.383 e. The number of nitriles is 2. The number of fused-ring (bicyclic) bond motifs is 1. The summed E-state index contributed by atoms with van der Waals surface area (Å²) in [5, 5.41) is 35.7. The minimum atomic E-state index is -2.54. The second-order valence-electron chi connectivity index (χ2n) is 11.5. The second-order valence-corrected chi connectivity index (χ2v) is 11.5. The molecule has 0 unspecified atom stereocenters. The Hall–Kier alpha value is -4.57. The zero-order valence-electron chi connectivity index (χ0n) is 22.8. The lowest BCUT2D eigenvalue weighted by molar-refractivity contribution is 0.0593. The molecule has 0 aliphatic heterocycles. The van der Waals surface area contributed by atoms with Gasteiger partial charge in [0.1, 0.15) is 23.4 Å². The Kier molecular flexibility index (Phi) is 6.89. The molecule has 2 aromatic carbocycles. The molecule has 0 amide bonds. The normalized spacial score (nSPS) is 14.9. The van der Waals surface area contributed by atoms with Crippen molar-refractivity contribution in [3.05, 3.63) is 76.7 Å². The van der Waals surface area contributed by atoms with Crippen LogP contribution in [0.25, 0.3) is 10.9 Å². The summed E-state index contributed by atoms with van der Waals surface area (Å²) in [6.07, 6.45) is 1.23. The van der Waals surface area contributed by atoms with Gasteiger partial charge in [-0.05, 0) is 48.4 Å². The molecule has 1 saturated carbocycles. The molecule has 5 rings (SSSR count). The Bertz CT molecular complexity index is 1650. The molecule has 4 aromatic rings. The molecule has 1 aliphatic carbocycles. The standard InChI is InChI=1S/C30H30F2N8/c1-18-7-5-6-8-22(18)27(24-16-40(39-38-24)30(9-10-30)28(31)32)37-21-11-19(13-33)25-23(12-21)26(20(14-34)15-35-25)36-17-29(2,3)4/h5-8,11-12,15-16,27-28,37H,9-10,17H2,1-4H3,(H,35,36)/t27-/m0/s1. The van der Waals surface area contributed by atoms with E-state index >= 15 is 0 Å². The van der Waals surface area contributed by atoms with Crippen molar-refractivity contribution in [3.63, 3.8) is 0 Å². The molecule has 10 heteroatoms. The Morgan fingerprint density at radius 1 is 1.10 bits per heavy atom. The summed E-state index contributed by atoms with van der Waals surface area (Å²) in [6, 6.07) is 15.2. The number of hydrogen-bond donors (Lipinski definition) is 2. The summed E-state index contributed by atoms with van der Waals surface area (Å²) < 4.78 is 28.9. The molecule has 8 nitrogen and oxygen atoms in total. The number of nitrogens with one attached hydrogen (secondary N) is 2. The van der Waals surface area contributed by atoms with Crippen LogP contribution in [0, 0.1) is 35.0 Å². The lowest BCUT2D eigenvalue weighted by Gasteiger charge is -2.23. The third kappa shape index (κ3) is 5.05. The fourth-order valence-corrected chi connectivity index (χ4v) is 4.79. The van der Waals surface area contributed by atoms with Crippen molar-refractivity contribution in [1.82, 2.24) is 20.0 Å². The van der Waals surface area contributed by atoms with Crippen molar-refractivity contribution in [3.8, 4) is 12.1 Å². The van der Waals surface area contributed by atoms with Gasteiger partial charge in [0.25, 0.3) is 6.43 Å². The van der Waals surface area contributed by atoms with Crippen LogP contribution in [0.15, 0.2) is 48.8 Å². The van der Waals surface area contributed by atoms with Gasteiger partial charge in [-0.3, -0.25) is 4.98 Å². The molecule has 1 fully saturated rings. The topological polar surface area (TPSA) is 115 Å². The van der Waals surface area contributed by atoms with Crippen LogP contribution >= 0.6 is 0 Å². The summed E-state index contributed by atoms with van der Waals surface area (Å²) in [5.74, 6) is 0. The van der Waals surface area contributed by atoms with Gasteiger partial charge in [0.15, 0.2) is 0 Å². The first-order chi connectivity index (χ1) is 19.1. The number of alkyl halides is 2.